The summed E-state index contributed by atoms with van der Waals surface area (Å²) in [6.45, 7) is 0. The molecule has 0 saturated heterocycles. The third-order valence-electron chi connectivity index (χ3n) is 5.29. The van der Waals surface area contributed by atoms with E-state index in [1.165, 1.54) is 34.8 Å². The molecule has 0 aliphatic carbocycles. The Morgan fingerprint density at radius 2 is 1.11 bits per heavy atom. The van der Waals surface area contributed by atoms with Crippen LogP contribution in [0.3, 0.4) is 0 Å². The van der Waals surface area contributed by atoms with Crippen molar-refractivity contribution >= 4 is 99.4 Å². The van der Waals surface area contributed by atoms with Gasteiger partial charge in [-0.2, -0.15) is 42.4 Å². The van der Waals surface area contributed by atoms with Crippen molar-refractivity contribution in [2.45, 2.75) is 9.79 Å². The maximum absolute atomic E-state index is 13.9. The molecule has 5 aromatic rings. The van der Waals surface area contributed by atoms with Crippen LogP contribution >= 0.6 is 79.2 Å². The van der Waals surface area contributed by atoms with Gasteiger partial charge in [-0.05, 0) is 142 Å². The van der Waals surface area contributed by atoms with Crippen LogP contribution in [-0.2, 0) is 20.2 Å². The maximum atomic E-state index is 13.9. The van der Waals surface area contributed by atoms with E-state index in [0.717, 1.165) is 22.3 Å². The topological polar surface area (TPSA) is 101 Å². The third-order valence-corrected chi connectivity index (χ3v) is 12.1. The van der Waals surface area contributed by atoms with E-state index in [-0.39, 0.29) is 17.8 Å². The van der Waals surface area contributed by atoms with Crippen LogP contribution in [0.1, 0.15) is 0 Å². The fraction of sp³-hybridized carbons (Fsp3) is 0. The summed E-state index contributed by atoms with van der Waals surface area (Å²) in [4.78, 5) is -0.398. The van der Waals surface area contributed by atoms with Crippen LogP contribution in [0.2, 0.25) is 0 Å². The molecule has 0 saturated carbocycles. The van der Waals surface area contributed by atoms with Crippen LogP contribution in [0.5, 0.6) is 5.75 Å². The minimum absolute atomic E-state index is 0.00817. The second-order valence-electron chi connectivity index (χ2n) is 7.64. The Balaban J connectivity index is 1.74. The summed E-state index contributed by atoms with van der Waals surface area (Å²) in [5, 5.41) is 11.5. The Kier molecular flexibility index (Phi) is 7.86. The van der Waals surface area contributed by atoms with E-state index in [9.17, 15) is 21.4 Å². The molecule has 0 fully saturated rings. The molecule has 13 heteroatoms. The highest BCUT2D eigenvalue weighted by molar-refractivity contribution is 14.1. The highest BCUT2D eigenvalue weighted by Gasteiger charge is 2.29. The van der Waals surface area contributed by atoms with E-state index in [1.54, 1.807) is 56.5 Å². The lowest BCUT2D eigenvalue weighted by Crippen LogP contribution is -2.14. The molecule has 3 aromatic heterocycles. The van der Waals surface area contributed by atoms with Gasteiger partial charge < -0.3 is 8.74 Å². The van der Waals surface area contributed by atoms with Crippen molar-refractivity contribution in [2.24, 2.45) is 0 Å². The van der Waals surface area contributed by atoms with E-state index >= 15 is 0 Å². The summed E-state index contributed by atoms with van der Waals surface area (Å²) < 4.78 is 68.6. The molecule has 0 radical (unpaired) electrons. The third kappa shape index (κ3) is 5.68. The molecule has 3 heterocycles. The molecular weight excluding hydrogens is 798 g/mol. The predicted molar refractivity (Wildman–Crippen MR) is 164 cm³/mol. The van der Waals surface area contributed by atoms with Gasteiger partial charge in [-0.3, -0.25) is 0 Å². The highest BCUT2D eigenvalue weighted by atomic mass is 127. The van der Waals surface area contributed by atoms with E-state index < -0.39 is 25.1 Å². The van der Waals surface area contributed by atoms with Gasteiger partial charge in [0.15, 0.2) is 0 Å². The molecule has 0 N–H and O–H groups in total. The quantitative estimate of drug-likeness (QED) is 0.0948. The number of benzene rings is 2. The zero-order valence-electron chi connectivity index (χ0n) is 18.3. The highest BCUT2D eigenvalue weighted by Crippen LogP contribution is 2.42. The summed E-state index contributed by atoms with van der Waals surface area (Å²) in [6.07, 6.45) is 0. The van der Waals surface area contributed by atoms with Crippen LogP contribution in [0.15, 0.2) is 84.5 Å². The smallest absolute Gasteiger partial charge is 0.340 e. The molecule has 6 nitrogen and oxygen atoms in total. The summed E-state index contributed by atoms with van der Waals surface area (Å²) in [5.74, 6) is -0.0874. The summed E-state index contributed by atoms with van der Waals surface area (Å²) >= 11 is 7.83. The first-order valence-corrected chi connectivity index (χ1v) is 18.0. The second-order valence-corrected chi connectivity index (χ2v) is 15.1. The van der Waals surface area contributed by atoms with Crippen molar-refractivity contribution < 1.29 is 25.6 Å². The SMILES string of the molecule is O=S(=O)([O-])c1c(I)cc(OS(=O)(=O)c2c(-c3ccsc3)cc(-c3ccsc3)cc2-c2ccsc2)cc1I. The number of halogens is 2. The van der Waals surface area contributed by atoms with Crippen molar-refractivity contribution in [1.82, 2.24) is 0 Å². The summed E-state index contributed by atoms with van der Waals surface area (Å²) in [7, 11) is -9.16. The van der Waals surface area contributed by atoms with Gasteiger partial charge in [0.2, 0.25) is 0 Å². The molecule has 0 spiro atoms. The van der Waals surface area contributed by atoms with E-state index in [1.807, 2.05) is 62.6 Å². The fourth-order valence-corrected chi connectivity index (χ4v) is 11.0. The molecule has 190 valence electrons. The molecule has 5 rings (SSSR count). The molecule has 0 atom stereocenters. The first kappa shape index (κ1) is 27.2. The standard InChI is InChI=1S/C24H14I2O6S5/c25-21-9-18(10-22(26)24(21)36(27,28)29)32-37(30,31)23-19(15-2-5-34-12-15)7-17(14-1-4-33-11-14)8-20(23)16-3-6-35-13-16/h1-13H,(H,27,28,29)/p-1. The molecule has 0 amide bonds. The van der Waals surface area contributed by atoms with Crippen molar-refractivity contribution in [3.8, 4) is 39.1 Å². The van der Waals surface area contributed by atoms with Gasteiger partial charge in [-0.25, -0.2) is 8.42 Å². The molecule has 0 bridgehead atoms. The van der Waals surface area contributed by atoms with Gasteiger partial charge in [0.25, 0.3) is 0 Å². The zero-order valence-corrected chi connectivity index (χ0v) is 26.6. The number of hydrogen-bond donors (Lipinski definition) is 0. The lowest BCUT2D eigenvalue weighted by Gasteiger charge is -2.18. The van der Waals surface area contributed by atoms with Crippen LogP contribution in [-0.4, -0.2) is 21.4 Å². The van der Waals surface area contributed by atoms with Gasteiger partial charge >= 0.3 is 10.1 Å². The molecule has 0 aliphatic heterocycles. The Morgan fingerprint density at radius 1 is 0.649 bits per heavy atom. The van der Waals surface area contributed by atoms with E-state index in [0.29, 0.717) is 11.1 Å². The zero-order chi connectivity index (χ0) is 26.4. The van der Waals surface area contributed by atoms with Gasteiger partial charge in [0.1, 0.15) is 20.8 Å². The van der Waals surface area contributed by atoms with E-state index in [2.05, 4.69) is 0 Å². The molecule has 0 unspecified atom stereocenters. The minimum Gasteiger partial charge on any atom is -0.744 e. The second kappa shape index (κ2) is 10.7. The van der Waals surface area contributed by atoms with Gasteiger partial charge in [-0.1, -0.05) is 0 Å². The van der Waals surface area contributed by atoms with Crippen molar-refractivity contribution in [2.75, 3.05) is 0 Å². The van der Waals surface area contributed by atoms with Crippen molar-refractivity contribution in [3.63, 3.8) is 0 Å². The predicted octanol–water partition coefficient (Wildman–Crippen LogP) is 7.75. The van der Waals surface area contributed by atoms with Crippen LogP contribution in [0, 0.1) is 7.14 Å². The van der Waals surface area contributed by atoms with Gasteiger partial charge in [-0.15, -0.1) is 0 Å². The Labute approximate surface area is 253 Å². The Hall–Kier alpha value is -1.34. The summed E-state index contributed by atoms with van der Waals surface area (Å²) in [6, 6.07) is 11.8. The Morgan fingerprint density at radius 3 is 1.51 bits per heavy atom. The normalized spacial score (nSPS) is 12.1. The molecule has 2 aromatic carbocycles. The average Bonchev–Trinajstić information content (AvgIpc) is 3.60. The van der Waals surface area contributed by atoms with Crippen LogP contribution in [0.25, 0.3) is 33.4 Å². The molecule has 0 aliphatic rings. The largest absolute Gasteiger partial charge is 0.744 e. The first-order chi connectivity index (χ1) is 17.5. The minimum atomic E-state index is -4.74. The number of thiophene rings is 3. The molecule has 37 heavy (non-hydrogen) atoms. The monoisotopic (exact) mass is 811 g/mol. The Bertz CT molecular complexity index is 1710. The fourth-order valence-electron chi connectivity index (χ4n) is 3.75. The molecular formula is C24H13I2O6S5-. The lowest BCUT2D eigenvalue weighted by molar-refractivity contribution is 0.461. The summed E-state index contributed by atoms with van der Waals surface area (Å²) in [5.41, 5.74) is 4.30. The van der Waals surface area contributed by atoms with Crippen molar-refractivity contribution in [3.05, 3.63) is 81.9 Å². The lowest BCUT2D eigenvalue weighted by atomic mass is 9.96. The van der Waals surface area contributed by atoms with Crippen LogP contribution < -0.4 is 4.18 Å². The van der Waals surface area contributed by atoms with Gasteiger partial charge in [0, 0.05) is 18.3 Å². The van der Waals surface area contributed by atoms with Crippen molar-refractivity contribution in [1.29, 1.82) is 0 Å². The van der Waals surface area contributed by atoms with Gasteiger partial charge in [0.05, 0.1) is 4.90 Å². The maximum Gasteiger partial charge on any atom is 0.340 e. The number of rotatable bonds is 7. The average molecular weight is 812 g/mol. The first-order valence-electron chi connectivity index (χ1n) is 10.2. The van der Waals surface area contributed by atoms with E-state index in [4.69, 9.17) is 4.18 Å². The van der Waals surface area contributed by atoms with Crippen LogP contribution in [0.4, 0.5) is 0 Å². The number of hydrogen-bond acceptors (Lipinski definition) is 9.